The van der Waals surface area contributed by atoms with E-state index in [1.165, 1.54) is 19.4 Å². The first-order valence-corrected chi connectivity index (χ1v) is 8.37. The smallest absolute Gasteiger partial charge is 0.493 e. The van der Waals surface area contributed by atoms with Crippen molar-refractivity contribution in [3.8, 4) is 23.0 Å². The van der Waals surface area contributed by atoms with Crippen LogP contribution in [0.1, 0.15) is 35.3 Å². The van der Waals surface area contributed by atoms with E-state index in [1.807, 2.05) is 0 Å². The lowest BCUT2D eigenvalue weighted by Crippen LogP contribution is -2.17. The van der Waals surface area contributed by atoms with E-state index in [0.29, 0.717) is 5.92 Å². The van der Waals surface area contributed by atoms with Crippen LogP contribution in [0, 0.1) is 5.92 Å². The maximum absolute atomic E-state index is 12.4. The fourth-order valence-electron chi connectivity index (χ4n) is 2.67. The summed E-state index contributed by atoms with van der Waals surface area (Å²) in [6.07, 6.45) is -2.52. The van der Waals surface area contributed by atoms with Crippen LogP contribution in [0.3, 0.4) is 0 Å². The van der Waals surface area contributed by atoms with Gasteiger partial charge in [-0.15, -0.1) is 13.2 Å². The molecule has 144 valence electrons. The predicted octanol–water partition coefficient (Wildman–Crippen LogP) is 5.28. The molecule has 0 spiro atoms. The number of benzene rings is 1. The second kappa shape index (κ2) is 7.26. The maximum Gasteiger partial charge on any atom is 0.573 e. The van der Waals surface area contributed by atoms with Gasteiger partial charge in [-0.1, -0.05) is 6.92 Å². The average Bonchev–Trinajstić information content (AvgIpc) is 3.31. The van der Waals surface area contributed by atoms with Crippen LogP contribution in [-0.4, -0.2) is 23.7 Å². The Labute approximate surface area is 158 Å². The SMILES string of the molecule is COc1cc(OC(F)(F)F)ccc1Oc1cc(C2C[C@H]2C)ncc1C(=O)Cl. The van der Waals surface area contributed by atoms with Crippen LogP contribution in [0.5, 0.6) is 23.0 Å². The third-order valence-electron chi connectivity index (χ3n) is 4.18. The summed E-state index contributed by atoms with van der Waals surface area (Å²) in [5, 5.41) is -0.760. The molecule has 1 saturated carbocycles. The van der Waals surface area contributed by atoms with Crippen LogP contribution in [0.15, 0.2) is 30.5 Å². The molecule has 0 bridgehead atoms. The van der Waals surface area contributed by atoms with Gasteiger partial charge in [0.25, 0.3) is 5.24 Å². The minimum absolute atomic E-state index is 0.00266. The molecule has 0 amide bonds. The molecule has 1 aromatic heterocycles. The van der Waals surface area contributed by atoms with E-state index in [4.69, 9.17) is 21.1 Å². The van der Waals surface area contributed by atoms with Gasteiger partial charge in [-0.05, 0) is 36.1 Å². The number of halogens is 4. The first kappa shape index (κ1) is 19.3. The van der Waals surface area contributed by atoms with Gasteiger partial charge in [0.05, 0.1) is 12.7 Å². The molecular weight excluding hydrogens is 387 g/mol. The number of pyridine rings is 1. The highest BCUT2D eigenvalue weighted by Crippen LogP contribution is 2.47. The number of ether oxygens (including phenoxy) is 3. The number of nitrogens with zero attached hydrogens (tertiary/aromatic N) is 1. The molecule has 1 aromatic carbocycles. The van der Waals surface area contributed by atoms with Gasteiger partial charge in [0, 0.05) is 29.9 Å². The molecule has 1 heterocycles. The van der Waals surface area contributed by atoms with Crippen LogP contribution in [0.4, 0.5) is 13.2 Å². The minimum Gasteiger partial charge on any atom is -0.493 e. The van der Waals surface area contributed by atoms with Crippen LogP contribution < -0.4 is 14.2 Å². The molecule has 5 nitrogen and oxygen atoms in total. The van der Waals surface area contributed by atoms with Crippen molar-refractivity contribution < 1.29 is 32.2 Å². The van der Waals surface area contributed by atoms with Crippen molar-refractivity contribution in [1.82, 2.24) is 4.98 Å². The molecule has 9 heteroatoms. The summed E-state index contributed by atoms with van der Waals surface area (Å²) in [6.45, 7) is 2.08. The largest absolute Gasteiger partial charge is 0.573 e. The van der Waals surface area contributed by atoms with Crippen molar-refractivity contribution in [2.24, 2.45) is 5.92 Å². The molecule has 0 N–H and O–H groups in total. The summed E-state index contributed by atoms with van der Waals surface area (Å²) >= 11 is 5.59. The number of carbonyl (C=O) groups excluding carboxylic acids is 1. The lowest BCUT2D eigenvalue weighted by atomic mass is 10.1. The van der Waals surface area contributed by atoms with Crippen LogP contribution in [0.2, 0.25) is 0 Å². The van der Waals surface area contributed by atoms with E-state index in [1.54, 1.807) is 6.07 Å². The summed E-state index contributed by atoms with van der Waals surface area (Å²) < 4.78 is 51.8. The molecular formula is C18H15ClF3NO4. The molecule has 1 fully saturated rings. The monoisotopic (exact) mass is 401 g/mol. The molecule has 27 heavy (non-hydrogen) atoms. The quantitative estimate of drug-likeness (QED) is 0.616. The normalized spacial score (nSPS) is 18.7. The zero-order valence-corrected chi connectivity index (χ0v) is 15.1. The Morgan fingerprint density at radius 2 is 1.93 bits per heavy atom. The highest BCUT2D eigenvalue weighted by molar-refractivity contribution is 6.68. The van der Waals surface area contributed by atoms with Gasteiger partial charge < -0.3 is 14.2 Å². The summed E-state index contributed by atoms with van der Waals surface area (Å²) in [7, 11) is 1.27. The standard InChI is InChI=1S/C18H15ClF3NO4/c1-9-5-11(9)13-7-15(12(8-23-13)17(19)24)26-14-4-3-10(6-16(14)25-2)27-18(20,21)22/h3-4,6-9,11H,5H2,1-2H3/t9-,11?/m1/s1. The molecule has 1 unspecified atom stereocenters. The fourth-order valence-corrected chi connectivity index (χ4v) is 2.81. The van der Waals surface area contributed by atoms with Crippen molar-refractivity contribution in [1.29, 1.82) is 0 Å². The number of methoxy groups -OCH3 is 1. The van der Waals surface area contributed by atoms with Crippen LogP contribution >= 0.6 is 11.6 Å². The van der Waals surface area contributed by atoms with Crippen molar-refractivity contribution >= 4 is 16.8 Å². The third kappa shape index (κ3) is 4.63. The molecule has 0 aliphatic heterocycles. The van der Waals surface area contributed by atoms with Gasteiger partial charge in [0.1, 0.15) is 11.5 Å². The Balaban J connectivity index is 1.92. The number of rotatable bonds is 6. The molecule has 1 aliphatic carbocycles. The maximum atomic E-state index is 12.4. The molecule has 3 rings (SSSR count). The van der Waals surface area contributed by atoms with Crippen molar-refractivity contribution in [2.75, 3.05) is 7.11 Å². The lowest BCUT2D eigenvalue weighted by Gasteiger charge is -2.15. The second-order valence-corrected chi connectivity index (χ2v) is 6.50. The number of carbonyl (C=O) groups is 1. The Bertz CT molecular complexity index is 872. The van der Waals surface area contributed by atoms with Crippen molar-refractivity contribution in [2.45, 2.75) is 25.6 Å². The third-order valence-corrected chi connectivity index (χ3v) is 4.38. The van der Waals surface area contributed by atoms with E-state index in [0.717, 1.165) is 24.2 Å². The van der Waals surface area contributed by atoms with Crippen molar-refractivity contribution in [3.63, 3.8) is 0 Å². The number of hydrogen-bond acceptors (Lipinski definition) is 5. The average molecular weight is 402 g/mol. The van der Waals surface area contributed by atoms with Crippen molar-refractivity contribution in [3.05, 3.63) is 41.7 Å². The summed E-state index contributed by atoms with van der Waals surface area (Å²) in [4.78, 5) is 15.9. The first-order valence-electron chi connectivity index (χ1n) is 7.99. The zero-order valence-electron chi connectivity index (χ0n) is 14.3. The van der Waals surface area contributed by atoms with Crippen LogP contribution in [0.25, 0.3) is 0 Å². The Morgan fingerprint density at radius 3 is 2.48 bits per heavy atom. The van der Waals surface area contributed by atoms with Gasteiger partial charge in [-0.2, -0.15) is 0 Å². The fraction of sp³-hybridized carbons (Fsp3) is 0.333. The molecule has 0 saturated heterocycles. The minimum atomic E-state index is -4.83. The second-order valence-electron chi connectivity index (χ2n) is 6.16. The Hall–Kier alpha value is -2.48. The highest BCUT2D eigenvalue weighted by atomic mass is 35.5. The van der Waals surface area contributed by atoms with E-state index in [-0.39, 0.29) is 28.7 Å². The highest BCUT2D eigenvalue weighted by Gasteiger charge is 2.36. The molecule has 0 radical (unpaired) electrons. The molecule has 1 aliphatic rings. The summed E-state index contributed by atoms with van der Waals surface area (Å²) in [5.41, 5.74) is 0.807. The van der Waals surface area contributed by atoms with E-state index in [2.05, 4.69) is 16.6 Å². The van der Waals surface area contributed by atoms with Gasteiger partial charge in [-0.25, -0.2) is 0 Å². The zero-order chi connectivity index (χ0) is 19.8. The Morgan fingerprint density at radius 1 is 1.22 bits per heavy atom. The number of hydrogen-bond donors (Lipinski definition) is 0. The number of alkyl halides is 3. The van der Waals surface area contributed by atoms with E-state index < -0.39 is 17.4 Å². The van der Waals surface area contributed by atoms with Gasteiger partial charge >= 0.3 is 6.36 Å². The molecule has 2 atom stereocenters. The first-order chi connectivity index (χ1) is 12.7. The van der Waals surface area contributed by atoms with E-state index >= 15 is 0 Å². The molecule has 2 aromatic rings. The topological polar surface area (TPSA) is 57.6 Å². The van der Waals surface area contributed by atoms with Gasteiger partial charge in [0.15, 0.2) is 11.5 Å². The van der Waals surface area contributed by atoms with Gasteiger partial charge in [0.2, 0.25) is 0 Å². The van der Waals surface area contributed by atoms with E-state index in [9.17, 15) is 18.0 Å². The predicted molar refractivity (Wildman–Crippen MR) is 90.7 cm³/mol. The number of aromatic nitrogens is 1. The Kier molecular flexibility index (Phi) is 5.19. The summed E-state index contributed by atoms with van der Waals surface area (Å²) in [5.74, 6) is 0.562. The summed E-state index contributed by atoms with van der Waals surface area (Å²) in [6, 6.07) is 4.99. The van der Waals surface area contributed by atoms with Gasteiger partial charge in [-0.3, -0.25) is 9.78 Å². The lowest BCUT2D eigenvalue weighted by molar-refractivity contribution is -0.274. The van der Waals surface area contributed by atoms with Crippen LogP contribution in [-0.2, 0) is 0 Å².